The van der Waals surface area contributed by atoms with Crippen LogP contribution in [0, 0.1) is 0 Å². The van der Waals surface area contributed by atoms with Crippen LogP contribution in [-0.2, 0) is 20.2 Å². The molecule has 6 unspecified atom stereocenters. The summed E-state index contributed by atoms with van der Waals surface area (Å²) in [6.45, 7) is -0.359. The first kappa shape index (κ1) is 21.7. The Morgan fingerprint density at radius 3 is 2.94 bits per heavy atom. The highest BCUT2D eigenvalue weighted by Gasteiger charge is 2.46. The molecule has 0 amide bonds. The maximum atomic E-state index is 10.8. The Labute approximate surface area is 188 Å². The number of fused-ring (bicyclic) bond motifs is 2. The van der Waals surface area contributed by atoms with Gasteiger partial charge in [-0.3, -0.25) is 0 Å². The molecule has 2 aliphatic rings. The fourth-order valence-corrected chi connectivity index (χ4v) is 4.86. The maximum Gasteiger partial charge on any atom is 0.694 e. The molecule has 168 valence electrons. The van der Waals surface area contributed by atoms with Gasteiger partial charge < -0.3 is 20.3 Å². The molecular formula is C20H21ClN4O6P+. The summed E-state index contributed by atoms with van der Waals surface area (Å²) in [6, 6.07) is 10.1. The zero-order chi connectivity index (χ0) is 22.4. The number of anilines is 1. The number of halogens is 1. The lowest BCUT2D eigenvalue weighted by Gasteiger charge is -2.18. The number of hydrogen-bond donors (Lipinski definition) is 4. The van der Waals surface area contributed by atoms with Crippen molar-refractivity contribution in [2.24, 2.45) is 0 Å². The van der Waals surface area contributed by atoms with Gasteiger partial charge in [0.05, 0.1) is 23.3 Å². The van der Waals surface area contributed by atoms with Gasteiger partial charge in [0.25, 0.3) is 0 Å². The molecule has 1 fully saturated rings. The minimum absolute atomic E-state index is 0.119. The number of ether oxygens (including phenoxy) is 1. The van der Waals surface area contributed by atoms with Crippen LogP contribution in [0.25, 0.3) is 11.0 Å². The molecule has 0 radical (unpaired) electrons. The first-order chi connectivity index (χ1) is 15.4. The Morgan fingerprint density at radius 2 is 2.12 bits per heavy atom. The average molecular weight is 480 g/mol. The molecule has 1 aliphatic heterocycles. The van der Waals surface area contributed by atoms with Gasteiger partial charge in [-0.25, -0.2) is 9.67 Å². The summed E-state index contributed by atoms with van der Waals surface area (Å²) in [5, 5.41) is 29.5. The van der Waals surface area contributed by atoms with Crippen LogP contribution in [-0.4, -0.2) is 54.8 Å². The molecule has 5 rings (SSSR count). The van der Waals surface area contributed by atoms with Crippen LogP contribution in [0.5, 0.6) is 0 Å². The maximum absolute atomic E-state index is 10.8. The zero-order valence-corrected chi connectivity index (χ0v) is 18.4. The van der Waals surface area contributed by atoms with E-state index in [0.29, 0.717) is 11.0 Å². The quantitative estimate of drug-likeness (QED) is 0.310. The number of aliphatic hydroxyl groups is 2. The van der Waals surface area contributed by atoms with Crippen molar-refractivity contribution in [2.45, 2.75) is 43.4 Å². The van der Waals surface area contributed by atoms with E-state index < -0.39 is 32.8 Å². The van der Waals surface area contributed by atoms with Gasteiger partial charge in [-0.05, 0) is 30.0 Å². The van der Waals surface area contributed by atoms with Gasteiger partial charge in [0.15, 0.2) is 11.9 Å². The van der Waals surface area contributed by atoms with E-state index in [1.165, 1.54) is 15.8 Å². The highest BCUT2D eigenvalue weighted by Crippen LogP contribution is 2.38. The highest BCUT2D eigenvalue weighted by molar-refractivity contribution is 7.32. The number of nitrogens with one attached hydrogen (secondary N) is 1. The van der Waals surface area contributed by atoms with E-state index >= 15 is 0 Å². The molecule has 6 atom stereocenters. The van der Waals surface area contributed by atoms with Crippen LogP contribution in [0.15, 0.2) is 36.5 Å². The van der Waals surface area contributed by atoms with E-state index in [0.717, 1.165) is 18.5 Å². The monoisotopic (exact) mass is 479 g/mol. The van der Waals surface area contributed by atoms with Crippen molar-refractivity contribution < 1.29 is 28.9 Å². The van der Waals surface area contributed by atoms with Crippen molar-refractivity contribution in [3.63, 3.8) is 0 Å². The smallest absolute Gasteiger partial charge is 0.387 e. The van der Waals surface area contributed by atoms with Crippen LogP contribution >= 0.6 is 19.9 Å². The summed E-state index contributed by atoms with van der Waals surface area (Å²) in [5.74, 6) is 0. The Morgan fingerprint density at radius 1 is 1.31 bits per heavy atom. The van der Waals surface area contributed by atoms with Crippen molar-refractivity contribution in [1.82, 2.24) is 14.8 Å². The fraction of sp³-hybridized carbons (Fsp3) is 0.400. The minimum Gasteiger partial charge on any atom is -0.387 e. The minimum atomic E-state index is -2.85. The predicted molar refractivity (Wildman–Crippen MR) is 115 cm³/mol. The van der Waals surface area contributed by atoms with Crippen molar-refractivity contribution >= 4 is 36.6 Å². The summed E-state index contributed by atoms with van der Waals surface area (Å²) in [6.07, 6.45) is -1.23. The molecule has 3 aromatic rings. The number of aliphatic hydroxyl groups excluding tert-OH is 2. The lowest BCUT2D eigenvalue weighted by atomic mass is 10.1. The molecule has 2 aromatic heterocycles. The molecule has 1 saturated heterocycles. The lowest BCUT2D eigenvalue weighted by molar-refractivity contribution is -0.0534. The van der Waals surface area contributed by atoms with Gasteiger partial charge in [0.2, 0.25) is 0 Å². The molecule has 0 bridgehead atoms. The van der Waals surface area contributed by atoms with E-state index in [1.807, 2.05) is 12.1 Å². The fourth-order valence-electron chi connectivity index (χ4n) is 4.39. The van der Waals surface area contributed by atoms with E-state index in [2.05, 4.69) is 32.1 Å². The molecule has 10 nitrogen and oxygen atoms in total. The summed E-state index contributed by atoms with van der Waals surface area (Å²) in [4.78, 5) is 13.2. The van der Waals surface area contributed by atoms with Gasteiger partial charge in [-0.1, -0.05) is 35.9 Å². The third-order valence-corrected chi connectivity index (χ3v) is 6.49. The standard InChI is InChI=1S/C20H20ClN4O6P/c21-16-7-14(23-13-6-5-10-3-1-2-4-11(10)13)12-8-22-25(19(12)24-16)20-18(27)17(26)15(31-20)9-30-32(28)29/h1-4,7-8,13,15,17-18,20,26-27H,5-6,9H2,(H-,23,24,28,29)/p+1. The average Bonchev–Trinajstić information content (AvgIpc) is 3.44. The van der Waals surface area contributed by atoms with Crippen molar-refractivity contribution in [2.75, 3.05) is 11.9 Å². The third kappa shape index (κ3) is 3.88. The van der Waals surface area contributed by atoms with Gasteiger partial charge in [-0.15, -0.1) is 9.42 Å². The molecule has 12 heteroatoms. The highest BCUT2D eigenvalue weighted by atomic mass is 35.5. The molecule has 0 saturated carbocycles. The Hall–Kier alpha value is -2.17. The van der Waals surface area contributed by atoms with E-state index in [9.17, 15) is 14.8 Å². The number of aryl methyl sites for hydroxylation is 1. The first-order valence-electron chi connectivity index (χ1n) is 10.1. The van der Waals surface area contributed by atoms with Crippen molar-refractivity contribution in [3.05, 3.63) is 52.8 Å². The van der Waals surface area contributed by atoms with Gasteiger partial charge >= 0.3 is 8.25 Å². The molecular weight excluding hydrogens is 459 g/mol. The molecule has 3 heterocycles. The summed E-state index contributed by atoms with van der Waals surface area (Å²) >= 11 is 6.30. The van der Waals surface area contributed by atoms with Crippen LogP contribution in [0.1, 0.15) is 29.8 Å². The molecule has 32 heavy (non-hydrogen) atoms. The third-order valence-electron chi connectivity index (χ3n) is 5.93. The van der Waals surface area contributed by atoms with Crippen molar-refractivity contribution in [3.8, 4) is 0 Å². The summed E-state index contributed by atoms with van der Waals surface area (Å²) in [7, 11) is -2.85. The Bertz CT molecular complexity index is 1180. The largest absolute Gasteiger partial charge is 0.694 e. The first-order valence-corrected chi connectivity index (χ1v) is 11.6. The SMILES string of the molecule is O=[P+](O)OCC1OC(n2ncc3c(NC4CCc5ccccc54)cc(Cl)nc32)C(O)C1O. The number of benzene rings is 1. The van der Waals surface area contributed by atoms with Crippen LogP contribution in [0.2, 0.25) is 5.15 Å². The number of aromatic nitrogens is 3. The van der Waals surface area contributed by atoms with E-state index in [4.69, 9.17) is 21.2 Å². The number of hydrogen-bond acceptors (Lipinski definition) is 8. The van der Waals surface area contributed by atoms with Crippen LogP contribution in [0.3, 0.4) is 0 Å². The Kier molecular flexibility index (Phi) is 5.85. The van der Waals surface area contributed by atoms with Crippen LogP contribution < -0.4 is 5.32 Å². The molecule has 1 aliphatic carbocycles. The normalized spacial score (nSPS) is 27.6. The van der Waals surface area contributed by atoms with E-state index in [-0.39, 0.29) is 17.8 Å². The molecule has 0 spiro atoms. The Balaban J connectivity index is 1.44. The van der Waals surface area contributed by atoms with Gasteiger partial charge in [0.1, 0.15) is 30.1 Å². The number of pyridine rings is 1. The van der Waals surface area contributed by atoms with E-state index in [1.54, 1.807) is 12.3 Å². The number of rotatable bonds is 6. The topological polar surface area (TPSA) is 139 Å². The summed E-state index contributed by atoms with van der Waals surface area (Å²) in [5.41, 5.74) is 3.67. The second-order valence-corrected chi connectivity index (χ2v) is 8.95. The van der Waals surface area contributed by atoms with Crippen LogP contribution in [0.4, 0.5) is 5.69 Å². The second-order valence-electron chi connectivity index (χ2n) is 7.83. The molecule has 1 aromatic carbocycles. The molecule has 4 N–H and O–H groups in total. The summed E-state index contributed by atoms with van der Waals surface area (Å²) < 4.78 is 22.5. The van der Waals surface area contributed by atoms with Crippen molar-refractivity contribution in [1.29, 1.82) is 0 Å². The zero-order valence-electron chi connectivity index (χ0n) is 16.7. The number of nitrogens with zero attached hydrogens (tertiary/aromatic N) is 3. The predicted octanol–water partition coefficient (Wildman–Crippen LogP) is 2.47. The second kappa shape index (κ2) is 8.64. The lowest BCUT2D eigenvalue weighted by Crippen LogP contribution is -2.33. The van der Waals surface area contributed by atoms with Gasteiger partial charge in [0, 0.05) is 4.57 Å². The van der Waals surface area contributed by atoms with Gasteiger partial charge in [-0.2, -0.15) is 5.10 Å².